The van der Waals surface area contributed by atoms with Gasteiger partial charge in [-0.25, -0.2) is 0 Å². The van der Waals surface area contributed by atoms with Crippen LogP contribution < -0.4 is 14.8 Å². The van der Waals surface area contributed by atoms with Crippen molar-refractivity contribution in [3.05, 3.63) is 59.7 Å². The van der Waals surface area contributed by atoms with E-state index in [2.05, 4.69) is 5.32 Å². The van der Waals surface area contributed by atoms with Crippen LogP contribution in [0.2, 0.25) is 0 Å². The van der Waals surface area contributed by atoms with Gasteiger partial charge in [0.15, 0.2) is 23.9 Å². The molecule has 2 aromatic carbocycles. The lowest BCUT2D eigenvalue weighted by molar-refractivity contribution is -0.136. The van der Waals surface area contributed by atoms with E-state index in [-0.39, 0.29) is 18.3 Å². The number of ketones is 1. The standard InChI is InChI=1S/C24H28N2O5/c1-17(27)19-10-11-21(22(15-19)30-2)31-16-23(28)25-20(14-18-8-4-3-5-9-18)24(29)26-12-6-7-13-26/h3-5,8-11,15,20H,6-7,12-14,16H2,1-2H3,(H,25,28). The van der Waals surface area contributed by atoms with Crippen molar-refractivity contribution >= 4 is 17.6 Å². The van der Waals surface area contributed by atoms with Crippen molar-refractivity contribution in [3.8, 4) is 11.5 Å². The summed E-state index contributed by atoms with van der Waals surface area (Å²) >= 11 is 0. The quantitative estimate of drug-likeness (QED) is 0.626. The number of hydrogen-bond donors (Lipinski definition) is 1. The van der Waals surface area contributed by atoms with Gasteiger partial charge in [0.2, 0.25) is 5.91 Å². The zero-order chi connectivity index (χ0) is 22.2. The Morgan fingerprint density at radius 3 is 2.39 bits per heavy atom. The third-order valence-corrected chi connectivity index (χ3v) is 5.26. The first-order valence-electron chi connectivity index (χ1n) is 10.4. The molecule has 0 spiro atoms. The van der Waals surface area contributed by atoms with Gasteiger partial charge in [-0.2, -0.15) is 0 Å². The molecule has 2 aromatic rings. The first kappa shape index (κ1) is 22.3. The molecule has 1 saturated heterocycles. The van der Waals surface area contributed by atoms with Crippen LogP contribution in [0.4, 0.5) is 0 Å². The topological polar surface area (TPSA) is 84.9 Å². The smallest absolute Gasteiger partial charge is 0.258 e. The molecular formula is C24H28N2O5. The Bertz CT molecular complexity index is 923. The molecule has 3 rings (SSSR count). The Balaban J connectivity index is 1.65. The molecule has 1 N–H and O–H groups in total. The maximum Gasteiger partial charge on any atom is 0.258 e. The third-order valence-electron chi connectivity index (χ3n) is 5.26. The van der Waals surface area contributed by atoms with Crippen molar-refractivity contribution in [1.82, 2.24) is 10.2 Å². The zero-order valence-electron chi connectivity index (χ0n) is 17.9. The average Bonchev–Trinajstić information content (AvgIpc) is 3.32. The lowest BCUT2D eigenvalue weighted by Crippen LogP contribution is -2.50. The number of likely N-dealkylation sites (tertiary alicyclic amines) is 1. The zero-order valence-corrected chi connectivity index (χ0v) is 17.9. The monoisotopic (exact) mass is 424 g/mol. The molecule has 0 bridgehead atoms. The first-order chi connectivity index (χ1) is 15.0. The molecule has 1 aliphatic heterocycles. The van der Waals surface area contributed by atoms with E-state index >= 15 is 0 Å². The summed E-state index contributed by atoms with van der Waals surface area (Å²) in [5.41, 5.74) is 1.47. The summed E-state index contributed by atoms with van der Waals surface area (Å²) < 4.78 is 10.9. The Kier molecular flexibility index (Phi) is 7.65. The normalized spacial score (nSPS) is 14.1. The summed E-state index contributed by atoms with van der Waals surface area (Å²) in [6, 6.07) is 13.8. The van der Waals surface area contributed by atoms with Crippen molar-refractivity contribution < 1.29 is 23.9 Å². The number of methoxy groups -OCH3 is 1. The highest BCUT2D eigenvalue weighted by molar-refractivity contribution is 5.94. The number of ether oxygens (including phenoxy) is 2. The summed E-state index contributed by atoms with van der Waals surface area (Å²) in [6.07, 6.45) is 2.38. The van der Waals surface area contributed by atoms with Gasteiger partial charge >= 0.3 is 0 Å². The molecule has 164 valence electrons. The van der Waals surface area contributed by atoms with Gasteiger partial charge in [-0.15, -0.1) is 0 Å². The lowest BCUT2D eigenvalue weighted by Gasteiger charge is -2.24. The average molecular weight is 424 g/mol. The van der Waals surface area contributed by atoms with E-state index in [0.717, 1.165) is 31.5 Å². The second-order valence-electron chi connectivity index (χ2n) is 7.55. The van der Waals surface area contributed by atoms with Crippen molar-refractivity contribution in [2.24, 2.45) is 0 Å². The number of carbonyl (C=O) groups excluding carboxylic acids is 3. The highest BCUT2D eigenvalue weighted by atomic mass is 16.5. The van der Waals surface area contributed by atoms with E-state index in [1.807, 2.05) is 30.3 Å². The largest absolute Gasteiger partial charge is 0.493 e. The number of Topliss-reactive ketones (excluding diaryl/α,β-unsaturated/α-hetero) is 1. The molecule has 1 heterocycles. The van der Waals surface area contributed by atoms with Crippen LogP contribution in [0.1, 0.15) is 35.7 Å². The molecular weight excluding hydrogens is 396 g/mol. The predicted octanol–water partition coefficient (Wildman–Crippen LogP) is 2.63. The Morgan fingerprint density at radius 1 is 1.03 bits per heavy atom. The molecule has 7 nitrogen and oxygen atoms in total. The molecule has 0 aromatic heterocycles. The van der Waals surface area contributed by atoms with Crippen molar-refractivity contribution in [2.45, 2.75) is 32.2 Å². The van der Waals surface area contributed by atoms with E-state index in [0.29, 0.717) is 23.5 Å². The number of nitrogens with one attached hydrogen (secondary N) is 1. The molecule has 0 radical (unpaired) electrons. The Hall–Kier alpha value is -3.35. The number of amides is 2. The fourth-order valence-electron chi connectivity index (χ4n) is 3.59. The van der Waals surface area contributed by atoms with Crippen LogP contribution in [0.5, 0.6) is 11.5 Å². The number of benzene rings is 2. The summed E-state index contributed by atoms with van der Waals surface area (Å²) in [5, 5.41) is 2.83. The van der Waals surface area contributed by atoms with E-state index in [1.165, 1.54) is 14.0 Å². The molecule has 2 amide bonds. The number of carbonyl (C=O) groups is 3. The van der Waals surface area contributed by atoms with Gasteiger partial charge in [-0.05, 0) is 43.5 Å². The SMILES string of the molecule is COc1cc(C(C)=O)ccc1OCC(=O)NC(Cc1ccccc1)C(=O)N1CCCC1. The number of hydrogen-bond acceptors (Lipinski definition) is 5. The second kappa shape index (κ2) is 10.6. The molecule has 1 aliphatic rings. The molecule has 1 unspecified atom stereocenters. The third kappa shape index (κ3) is 6.07. The minimum atomic E-state index is -0.654. The van der Waals surface area contributed by atoms with Crippen LogP contribution in [0.3, 0.4) is 0 Å². The summed E-state index contributed by atoms with van der Waals surface area (Å²) in [5.74, 6) is 0.165. The lowest BCUT2D eigenvalue weighted by atomic mass is 10.0. The molecule has 7 heteroatoms. The van der Waals surface area contributed by atoms with E-state index in [4.69, 9.17) is 9.47 Å². The molecule has 1 atom stereocenters. The number of rotatable bonds is 9. The van der Waals surface area contributed by atoms with Gasteiger partial charge in [0.1, 0.15) is 6.04 Å². The van der Waals surface area contributed by atoms with E-state index in [9.17, 15) is 14.4 Å². The van der Waals surface area contributed by atoms with Crippen LogP contribution in [-0.2, 0) is 16.0 Å². The maximum absolute atomic E-state index is 13.0. The Labute approximate surface area is 182 Å². The fourth-order valence-corrected chi connectivity index (χ4v) is 3.59. The van der Waals surface area contributed by atoms with Gasteiger partial charge < -0.3 is 19.7 Å². The van der Waals surface area contributed by atoms with Crippen molar-refractivity contribution in [3.63, 3.8) is 0 Å². The predicted molar refractivity (Wildman–Crippen MR) is 116 cm³/mol. The van der Waals surface area contributed by atoms with Gasteiger partial charge in [0.25, 0.3) is 5.91 Å². The van der Waals surface area contributed by atoms with E-state index in [1.54, 1.807) is 23.1 Å². The van der Waals surface area contributed by atoms with Gasteiger partial charge in [-0.1, -0.05) is 30.3 Å². The maximum atomic E-state index is 13.0. The highest BCUT2D eigenvalue weighted by Crippen LogP contribution is 2.28. The van der Waals surface area contributed by atoms with Crippen molar-refractivity contribution in [2.75, 3.05) is 26.8 Å². The van der Waals surface area contributed by atoms with Crippen LogP contribution in [0, 0.1) is 0 Å². The van der Waals surface area contributed by atoms with Crippen molar-refractivity contribution in [1.29, 1.82) is 0 Å². The summed E-state index contributed by atoms with van der Waals surface area (Å²) in [6.45, 7) is 2.63. The van der Waals surface area contributed by atoms with Crippen LogP contribution in [0.25, 0.3) is 0 Å². The fraction of sp³-hybridized carbons (Fsp3) is 0.375. The van der Waals surface area contributed by atoms with Crippen LogP contribution in [0.15, 0.2) is 48.5 Å². The Morgan fingerprint density at radius 2 is 1.74 bits per heavy atom. The molecule has 0 saturated carbocycles. The number of nitrogens with zero attached hydrogens (tertiary/aromatic N) is 1. The molecule has 31 heavy (non-hydrogen) atoms. The van der Waals surface area contributed by atoms with Crippen LogP contribution in [-0.4, -0.2) is 55.3 Å². The summed E-state index contributed by atoms with van der Waals surface area (Å²) in [7, 11) is 1.47. The van der Waals surface area contributed by atoms with Gasteiger partial charge in [0, 0.05) is 25.1 Å². The van der Waals surface area contributed by atoms with E-state index < -0.39 is 11.9 Å². The first-order valence-corrected chi connectivity index (χ1v) is 10.4. The second-order valence-corrected chi connectivity index (χ2v) is 7.55. The van der Waals surface area contributed by atoms with Gasteiger partial charge in [0.05, 0.1) is 7.11 Å². The highest BCUT2D eigenvalue weighted by Gasteiger charge is 2.28. The minimum Gasteiger partial charge on any atom is -0.493 e. The molecule has 1 fully saturated rings. The van der Waals surface area contributed by atoms with Gasteiger partial charge in [-0.3, -0.25) is 14.4 Å². The molecule has 0 aliphatic carbocycles. The van der Waals surface area contributed by atoms with Crippen LogP contribution >= 0.6 is 0 Å². The summed E-state index contributed by atoms with van der Waals surface area (Å²) in [4.78, 5) is 38.9. The minimum absolute atomic E-state index is 0.0712.